The number of fused-ring (bicyclic) bond motifs is 1. The second-order valence-corrected chi connectivity index (χ2v) is 8.20. The predicted molar refractivity (Wildman–Crippen MR) is 115 cm³/mol. The number of nitrogens with one attached hydrogen (secondary N) is 1. The van der Waals surface area contributed by atoms with Crippen molar-refractivity contribution >= 4 is 51.2 Å². The third-order valence-electron chi connectivity index (χ3n) is 4.57. The first-order chi connectivity index (χ1) is 15.3. The van der Waals surface area contributed by atoms with E-state index in [-0.39, 0.29) is 23.3 Å². The van der Waals surface area contributed by atoms with Crippen LogP contribution >= 0.6 is 27.7 Å². The Kier molecular flexibility index (Phi) is 7.25. The van der Waals surface area contributed by atoms with Gasteiger partial charge in [0, 0.05) is 17.9 Å². The van der Waals surface area contributed by atoms with E-state index >= 15 is 0 Å². The number of nitroso groups, excluding NO2 is 1. The van der Waals surface area contributed by atoms with Crippen LogP contribution in [0.1, 0.15) is 5.56 Å². The zero-order valence-electron chi connectivity index (χ0n) is 16.1. The first-order valence-electron chi connectivity index (χ1n) is 8.96. The topological polar surface area (TPSA) is 169 Å². The normalized spacial score (nSPS) is 20.2. The monoisotopic (exact) mass is 526 g/mol. The highest BCUT2D eigenvalue weighted by Gasteiger charge is 2.53. The lowest BCUT2D eigenvalue weighted by Crippen LogP contribution is -2.70. The summed E-state index contributed by atoms with van der Waals surface area (Å²) in [7, 11) is 0. The molecular weight excluding hydrogens is 512 g/mol. The van der Waals surface area contributed by atoms with Crippen LogP contribution in [0.4, 0.5) is 5.69 Å². The van der Waals surface area contributed by atoms with Gasteiger partial charge >= 0.3 is 5.97 Å². The Morgan fingerprint density at radius 1 is 1.38 bits per heavy atom. The highest BCUT2D eigenvalue weighted by Crippen LogP contribution is 2.38. The molecule has 0 radical (unpaired) electrons. The third-order valence-corrected chi connectivity index (χ3v) is 6.28. The van der Waals surface area contributed by atoms with E-state index in [1.54, 1.807) is 0 Å². The standard InChI is InChI=1S/C18H15BrN4O8S/c19-7-12(24)13(21-28)15(25)20-14-16(26)22-11(5-6-32-17(14)22)18(27)31-8-9-1-3-10(4-2-9)23(29)30/h1-5,14,17,24H,6-8H2,(H,20,25)/t14?,17-/m0/s1. The molecule has 2 heterocycles. The maximum Gasteiger partial charge on any atom is 0.355 e. The number of esters is 1. The van der Waals surface area contributed by atoms with Crippen LogP contribution in [-0.2, 0) is 25.7 Å². The zero-order chi connectivity index (χ0) is 23.4. The summed E-state index contributed by atoms with van der Waals surface area (Å²) in [5.41, 5.74) is -0.300. The number of nitro groups is 1. The number of ether oxygens (including phenoxy) is 1. The van der Waals surface area contributed by atoms with Crippen molar-refractivity contribution in [3.63, 3.8) is 0 Å². The molecule has 1 aromatic carbocycles. The van der Waals surface area contributed by atoms with Gasteiger partial charge in [-0.1, -0.05) is 15.9 Å². The van der Waals surface area contributed by atoms with E-state index in [0.29, 0.717) is 11.3 Å². The number of aliphatic hydroxyl groups is 1. The van der Waals surface area contributed by atoms with E-state index in [9.17, 15) is 34.5 Å². The molecule has 2 aliphatic heterocycles. The maximum atomic E-state index is 12.6. The largest absolute Gasteiger partial charge is 0.509 e. The lowest BCUT2D eigenvalue weighted by Gasteiger charge is -2.48. The lowest BCUT2D eigenvalue weighted by atomic mass is 10.0. The fourth-order valence-corrected chi connectivity index (χ4v) is 4.42. The van der Waals surface area contributed by atoms with E-state index in [1.165, 1.54) is 47.0 Å². The number of halogens is 1. The van der Waals surface area contributed by atoms with Gasteiger partial charge in [0.25, 0.3) is 17.5 Å². The number of alkyl halides is 1. The summed E-state index contributed by atoms with van der Waals surface area (Å²) in [6.07, 6.45) is 1.52. The van der Waals surface area contributed by atoms with Crippen LogP contribution in [0.25, 0.3) is 0 Å². The van der Waals surface area contributed by atoms with E-state index in [1.807, 2.05) is 0 Å². The molecule has 2 amide bonds. The number of amides is 2. The number of hydrogen-bond acceptors (Lipinski definition) is 10. The van der Waals surface area contributed by atoms with Gasteiger partial charge in [-0.2, -0.15) is 0 Å². The number of nitrogens with zero attached hydrogens (tertiary/aromatic N) is 3. The van der Waals surface area contributed by atoms with Crippen LogP contribution in [0.2, 0.25) is 0 Å². The molecule has 0 saturated carbocycles. The number of rotatable bonds is 8. The highest BCUT2D eigenvalue weighted by molar-refractivity contribution is 9.09. The van der Waals surface area contributed by atoms with Crippen LogP contribution in [0.3, 0.4) is 0 Å². The van der Waals surface area contributed by atoms with Gasteiger partial charge in [-0.05, 0) is 28.9 Å². The second-order valence-electron chi connectivity index (χ2n) is 6.49. The Labute approximate surface area is 192 Å². The minimum Gasteiger partial charge on any atom is -0.509 e. The van der Waals surface area contributed by atoms with Crippen LogP contribution in [-0.4, -0.2) is 55.2 Å². The van der Waals surface area contributed by atoms with Crippen molar-refractivity contribution in [3.05, 3.63) is 68.1 Å². The molecule has 32 heavy (non-hydrogen) atoms. The fraction of sp³-hybridized carbons (Fsp3) is 0.278. The number of benzene rings is 1. The van der Waals surface area contributed by atoms with Crippen LogP contribution in [0.15, 0.2) is 52.7 Å². The van der Waals surface area contributed by atoms with Gasteiger partial charge in [-0.15, -0.1) is 16.7 Å². The summed E-state index contributed by atoms with van der Waals surface area (Å²) < 4.78 is 5.22. The number of aliphatic hydroxyl groups excluding tert-OH is 1. The highest BCUT2D eigenvalue weighted by atomic mass is 79.9. The Bertz CT molecular complexity index is 1040. The Morgan fingerprint density at radius 3 is 2.66 bits per heavy atom. The molecule has 168 valence electrons. The number of carbonyl (C=O) groups excluding carboxylic acids is 3. The fourth-order valence-electron chi connectivity index (χ4n) is 2.96. The van der Waals surface area contributed by atoms with Crippen molar-refractivity contribution < 1.29 is 29.2 Å². The minimum atomic E-state index is -1.02. The summed E-state index contributed by atoms with van der Waals surface area (Å²) in [5, 5.41) is 24.3. The molecule has 0 aromatic heterocycles. The SMILES string of the molecule is O=NC(C(=O)NC1C(=O)N2C(C(=O)OCc3ccc([N+](=O)[O-])cc3)=CCS[C@@H]12)=C(O)CBr. The summed E-state index contributed by atoms with van der Waals surface area (Å²) in [6.45, 7) is -0.154. The molecule has 1 saturated heterocycles. The van der Waals surface area contributed by atoms with Crippen LogP contribution in [0, 0.1) is 15.0 Å². The van der Waals surface area contributed by atoms with E-state index in [4.69, 9.17) is 4.74 Å². The van der Waals surface area contributed by atoms with Crippen LogP contribution < -0.4 is 5.32 Å². The maximum absolute atomic E-state index is 12.6. The van der Waals surface area contributed by atoms with E-state index < -0.39 is 45.6 Å². The summed E-state index contributed by atoms with van der Waals surface area (Å²) in [5.74, 6) is -2.57. The molecule has 0 aliphatic carbocycles. The number of nitro benzene ring substituents is 1. The van der Waals surface area contributed by atoms with Gasteiger partial charge in [0.2, 0.25) is 5.70 Å². The van der Waals surface area contributed by atoms with Crippen molar-refractivity contribution in [3.8, 4) is 0 Å². The zero-order valence-corrected chi connectivity index (χ0v) is 18.5. The van der Waals surface area contributed by atoms with Gasteiger partial charge in [-0.25, -0.2) is 4.79 Å². The molecule has 1 aromatic rings. The molecule has 3 rings (SSSR count). The minimum absolute atomic E-state index is 0.0127. The molecule has 2 N–H and O–H groups in total. The first-order valence-corrected chi connectivity index (χ1v) is 11.1. The first kappa shape index (κ1) is 23.4. The molecule has 2 aliphatic rings. The van der Waals surface area contributed by atoms with Gasteiger partial charge in [0.05, 0.1) is 10.3 Å². The van der Waals surface area contributed by atoms with Crippen molar-refractivity contribution in [1.29, 1.82) is 0 Å². The molecule has 14 heteroatoms. The number of carbonyl (C=O) groups is 3. The number of β-lactam (4-membered cyclic amide) rings is 1. The van der Waals surface area contributed by atoms with Gasteiger partial charge in [0.1, 0.15) is 29.5 Å². The average molecular weight is 527 g/mol. The van der Waals surface area contributed by atoms with Gasteiger partial charge in [0.15, 0.2) is 0 Å². The summed E-state index contributed by atoms with van der Waals surface area (Å²) in [6, 6.07) is 4.46. The Morgan fingerprint density at radius 2 is 2.06 bits per heavy atom. The van der Waals surface area contributed by atoms with Gasteiger partial charge in [-0.3, -0.25) is 24.6 Å². The van der Waals surface area contributed by atoms with E-state index in [2.05, 4.69) is 26.4 Å². The van der Waals surface area contributed by atoms with Crippen LogP contribution in [0.5, 0.6) is 0 Å². The van der Waals surface area contributed by atoms with Crippen molar-refractivity contribution in [2.75, 3.05) is 11.1 Å². The van der Waals surface area contributed by atoms with Crippen molar-refractivity contribution in [2.24, 2.45) is 5.18 Å². The lowest BCUT2D eigenvalue weighted by molar-refractivity contribution is -0.384. The third kappa shape index (κ3) is 4.65. The smallest absolute Gasteiger partial charge is 0.355 e. The number of allylic oxidation sites excluding steroid dienone is 1. The summed E-state index contributed by atoms with van der Waals surface area (Å²) in [4.78, 5) is 59.4. The summed E-state index contributed by atoms with van der Waals surface area (Å²) >= 11 is 4.19. The van der Waals surface area contributed by atoms with Gasteiger partial charge < -0.3 is 15.2 Å². The molecular formula is C18H15BrN4O8S. The molecule has 1 fully saturated rings. The number of hydrogen-bond donors (Lipinski definition) is 2. The van der Waals surface area contributed by atoms with Crippen molar-refractivity contribution in [2.45, 2.75) is 18.0 Å². The number of non-ortho nitro benzene ring substituents is 1. The number of thioether (sulfide) groups is 1. The second kappa shape index (κ2) is 9.91. The Balaban J connectivity index is 1.62. The van der Waals surface area contributed by atoms with Crippen molar-refractivity contribution in [1.82, 2.24) is 10.2 Å². The molecule has 2 atom stereocenters. The molecule has 1 unspecified atom stereocenters. The quantitative estimate of drug-likeness (QED) is 0.0749. The average Bonchev–Trinajstić information content (AvgIpc) is 2.80. The predicted octanol–water partition coefficient (Wildman–Crippen LogP) is 1.85. The molecule has 0 bridgehead atoms. The molecule has 12 nitrogen and oxygen atoms in total. The van der Waals surface area contributed by atoms with E-state index in [0.717, 1.165) is 0 Å². The molecule has 0 spiro atoms. The Hall–Kier alpha value is -3.26.